The maximum atomic E-state index is 12.2. The van der Waals surface area contributed by atoms with Crippen molar-refractivity contribution in [2.45, 2.75) is 6.92 Å². The molecule has 0 aliphatic carbocycles. The third-order valence-corrected chi connectivity index (χ3v) is 4.92. The van der Waals surface area contributed by atoms with E-state index in [2.05, 4.69) is 51.5 Å². The Balaban J connectivity index is 1.45. The molecule has 1 aliphatic rings. The molecule has 2 aromatic rings. The number of nitrogens with zero attached hydrogens (tertiary/aromatic N) is 3. The van der Waals surface area contributed by atoms with Crippen LogP contribution >= 0.6 is 0 Å². The minimum Gasteiger partial charge on any atom is -0.493 e. The van der Waals surface area contributed by atoms with Gasteiger partial charge in [-0.05, 0) is 48.4 Å². The molecule has 7 heteroatoms. The molecule has 1 aliphatic heterocycles. The number of hydrazone groups is 1. The van der Waals surface area contributed by atoms with Crippen molar-refractivity contribution in [3.63, 3.8) is 0 Å². The maximum Gasteiger partial charge on any atom is 0.254 e. The Morgan fingerprint density at radius 1 is 1.07 bits per heavy atom. The Kier molecular flexibility index (Phi) is 7.08. The van der Waals surface area contributed by atoms with Crippen LogP contribution in [0.1, 0.15) is 11.1 Å². The highest BCUT2D eigenvalue weighted by atomic mass is 16.5. The second kappa shape index (κ2) is 9.93. The summed E-state index contributed by atoms with van der Waals surface area (Å²) in [5.41, 5.74) is 5.92. The molecule has 0 atom stereocenters. The lowest BCUT2D eigenvalue weighted by Gasteiger charge is -2.35. The first kappa shape index (κ1) is 20.7. The van der Waals surface area contributed by atoms with Crippen LogP contribution in [0.3, 0.4) is 0 Å². The van der Waals surface area contributed by atoms with Gasteiger partial charge in [0, 0.05) is 31.9 Å². The van der Waals surface area contributed by atoms with Crippen LogP contribution in [0.25, 0.3) is 0 Å². The average Bonchev–Trinajstić information content (AvgIpc) is 2.74. The Morgan fingerprint density at radius 2 is 1.83 bits per heavy atom. The number of amides is 1. The van der Waals surface area contributed by atoms with E-state index < -0.39 is 0 Å². The molecule has 1 heterocycles. The lowest BCUT2D eigenvalue weighted by Crippen LogP contribution is -2.49. The van der Waals surface area contributed by atoms with E-state index in [1.54, 1.807) is 32.6 Å². The van der Waals surface area contributed by atoms with Gasteiger partial charge in [0.15, 0.2) is 11.5 Å². The molecule has 29 heavy (non-hydrogen) atoms. The number of hydrogen-bond donors (Lipinski definition) is 1. The number of carbonyl (C=O) groups excluding carboxylic acids is 1. The van der Waals surface area contributed by atoms with Gasteiger partial charge in [0.2, 0.25) is 0 Å². The van der Waals surface area contributed by atoms with E-state index in [4.69, 9.17) is 9.47 Å². The summed E-state index contributed by atoms with van der Waals surface area (Å²) in [7, 11) is 3.17. The second-order valence-corrected chi connectivity index (χ2v) is 7.01. The zero-order chi connectivity index (χ0) is 20.6. The van der Waals surface area contributed by atoms with Gasteiger partial charge in [0.1, 0.15) is 0 Å². The highest BCUT2D eigenvalue weighted by Gasteiger charge is 2.19. The van der Waals surface area contributed by atoms with E-state index in [1.807, 2.05) is 6.07 Å². The molecule has 2 aromatic carbocycles. The number of benzene rings is 2. The van der Waals surface area contributed by atoms with E-state index in [9.17, 15) is 4.79 Å². The lowest BCUT2D eigenvalue weighted by molar-refractivity contribution is -0.122. The molecule has 0 bridgehead atoms. The van der Waals surface area contributed by atoms with Crippen molar-refractivity contribution < 1.29 is 14.3 Å². The molecule has 3 rings (SSSR count). The Labute approximate surface area is 171 Å². The lowest BCUT2D eigenvalue weighted by atomic mass is 10.2. The molecule has 0 aromatic heterocycles. The quantitative estimate of drug-likeness (QED) is 0.575. The van der Waals surface area contributed by atoms with Crippen molar-refractivity contribution >= 4 is 17.8 Å². The largest absolute Gasteiger partial charge is 0.493 e. The van der Waals surface area contributed by atoms with Gasteiger partial charge in [-0.15, -0.1) is 0 Å². The van der Waals surface area contributed by atoms with Crippen LogP contribution in [0.5, 0.6) is 11.5 Å². The van der Waals surface area contributed by atoms with Gasteiger partial charge < -0.3 is 14.4 Å². The molecular weight excluding hydrogens is 368 g/mol. The molecule has 0 radical (unpaired) electrons. The third kappa shape index (κ3) is 5.71. The van der Waals surface area contributed by atoms with Crippen molar-refractivity contribution in [2.75, 3.05) is 51.8 Å². The molecule has 0 spiro atoms. The summed E-state index contributed by atoms with van der Waals surface area (Å²) < 4.78 is 10.5. The molecule has 0 saturated carbocycles. The third-order valence-electron chi connectivity index (χ3n) is 4.92. The first-order chi connectivity index (χ1) is 14.1. The van der Waals surface area contributed by atoms with Crippen LogP contribution in [0.15, 0.2) is 47.6 Å². The molecular formula is C22H28N4O3. The number of rotatable bonds is 7. The van der Waals surface area contributed by atoms with Crippen LogP contribution in [-0.2, 0) is 4.79 Å². The first-order valence-electron chi connectivity index (χ1n) is 9.67. The Hall–Kier alpha value is -3.06. The monoisotopic (exact) mass is 396 g/mol. The summed E-state index contributed by atoms with van der Waals surface area (Å²) in [5, 5.41) is 4.05. The topological polar surface area (TPSA) is 66.4 Å². The average molecular weight is 396 g/mol. The fourth-order valence-corrected chi connectivity index (χ4v) is 3.34. The van der Waals surface area contributed by atoms with Gasteiger partial charge in [0.05, 0.1) is 27.0 Å². The Morgan fingerprint density at radius 3 is 2.52 bits per heavy atom. The molecule has 1 N–H and O–H groups in total. The predicted octanol–water partition coefficient (Wildman–Crippen LogP) is 2.28. The normalized spacial score (nSPS) is 14.8. The van der Waals surface area contributed by atoms with Gasteiger partial charge in [-0.1, -0.05) is 12.1 Å². The summed E-state index contributed by atoms with van der Waals surface area (Å²) in [6.45, 7) is 5.95. The number of nitrogens with one attached hydrogen (secondary N) is 1. The second-order valence-electron chi connectivity index (χ2n) is 7.01. The van der Waals surface area contributed by atoms with Crippen molar-refractivity contribution in [3.8, 4) is 11.5 Å². The number of hydrogen-bond acceptors (Lipinski definition) is 6. The number of anilines is 1. The summed E-state index contributed by atoms with van der Waals surface area (Å²) in [4.78, 5) is 16.7. The highest BCUT2D eigenvalue weighted by Crippen LogP contribution is 2.26. The number of piperazine rings is 1. The van der Waals surface area contributed by atoms with Crippen molar-refractivity contribution in [1.82, 2.24) is 10.3 Å². The molecule has 1 saturated heterocycles. The van der Waals surface area contributed by atoms with Gasteiger partial charge >= 0.3 is 0 Å². The van der Waals surface area contributed by atoms with Crippen LogP contribution in [0.2, 0.25) is 0 Å². The number of methoxy groups -OCH3 is 2. The summed E-state index contributed by atoms with van der Waals surface area (Å²) in [5.74, 6) is 1.15. The first-order valence-corrected chi connectivity index (χ1v) is 9.67. The Bertz CT molecular complexity index is 861. The van der Waals surface area contributed by atoms with E-state index >= 15 is 0 Å². The van der Waals surface area contributed by atoms with Crippen LogP contribution < -0.4 is 19.8 Å². The van der Waals surface area contributed by atoms with Crippen molar-refractivity contribution in [3.05, 3.63) is 53.6 Å². The standard InChI is InChI=1S/C22H28N4O3/c1-17-5-4-6-19(13-17)26-11-9-25(10-12-26)16-22(27)24-23-15-18-7-8-20(28-2)21(14-18)29-3/h4-8,13-15H,9-12,16H2,1-3H3,(H,24,27)/b23-15+. The molecule has 1 amide bonds. The van der Waals surface area contributed by atoms with Crippen molar-refractivity contribution in [2.24, 2.45) is 5.10 Å². The predicted molar refractivity (Wildman–Crippen MR) is 115 cm³/mol. The minimum absolute atomic E-state index is 0.120. The van der Waals surface area contributed by atoms with Crippen LogP contribution in [-0.4, -0.2) is 64.0 Å². The van der Waals surface area contributed by atoms with E-state index in [1.165, 1.54) is 11.3 Å². The fourth-order valence-electron chi connectivity index (χ4n) is 3.34. The summed E-state index contributed by atoms with van der Waals surface area (Å²) >= 11 is 0. The van der Waals surface area contributed by atoms with Gasteiger partial charge in [-0.25, -0.2) is 5.43 Å². The van der Waals surface area contributed by atoms with Gasteiger partial charge in [-0.2, -0.15) is 5.10 Å². The molecule has 7 nitrogen and oxygen atoms in total. The van der Waals surface area contributed by atoms with Crippen molar-refractivity contribution in [1.29, 1.82) is 0 Å². The molecule has 0 unspecified atom stereocenters. The highest BCUT2D eigenvalue weighted by molar-refractivity contribution is 5.83. The maximum absolute atomic E-state index is 12.2. The molecule has 154 valence electrons. The van der Waals surface area contributed by atoms with E-state index in [-0.39, 0.29) is 5.91 Å². The van der Waals surface area contributed by atoms with Gasteiger partial charge in [0.25, 0.3) is 5.91 Å². The fraction of sp³-hybridized carbons (Fsp3) is 0.364. The van der Waals surface area contributed by atoms with Crippen LogP contribution in [0.4, 0.5) is 5.69 Å². The van der Waals surface area contributed by atoms with E-state index in [0.29, 0.717) is 18.0 Å². The number of aryl methyl sites for hydroxylation is 1. The SMILES string of the molecule is COc1ccc(/C=N/NC(=O)CN2CCN(c3cccc(C)c3)CC2)cc1OC. The zero-order valence-electron chi connectivity index (χ0n) is 17.2. The van der Waals surface area contributed by atoms with Crippen LogP contribution in [0, 0.1) is 6.92 Å². The zero-order valence-corrected chi connectivity index (χ0v) is 17.2. The molecule has 1 fully saturated rings. The van der Waals surface area contributed by atoms with E-state index in [0.717, 1.165) is 31.7 Å². The number of ether oxygens (including phenoxy) is 2. The number of carbonyl (C=O) groups is 1. The summed E-state index contributed by atoms with van der Waals surface area (Å²) in [6.07, 6.45) is 1.59. The minimum atomic E-state index is -0.120. The van der Waals surface area contributed by atoms with Gasteiger partial charge in [-0.3, -0.25) is 9.69 Å². The smallest absolute Gasteiger partial charge is 0.254 e. The summed E-state index contributed by atoms with van der Waals surface area (Å²) in [6, 6.07) is 14.0.